The minimum atomic E-state index is -1.80. The van der Waals surface area contributed by atoms with Gasteiger partial charge in [-0.25, -0.2) is 4.39 Å². The highest BCUT2D eigenvalue weighted by atomic mass is 35.6. The lowest BCUT2D eigenvalue weighted by atomic mass is 10.1. The Balaban J connectivity index is 2.46. The Labute approximate surface area is 180 Å². The summed E-state index contributed by atoms with van der Waals surface area (Å²) in [5.41, 5.74) is 0.565. The predicted molar refractivity (Wildman–Crippen MR) is 116 cm³/mol. The third-order valence-corrected chi connectivity index (χ3v) is 4.64. The summed E-state index contributed by atoms with van der Waals surface area (Å²) in [7, 11) is 0. The number of hydrogen-bond acceptors (Lipinski definition) is 2. The molecule has 0 saturated heterocycles. The van der Waals surface area contributed by atoms with E-state index in [0.717, 1.165) is 19.3 Å². The standard InChI is InChI=1S/C18H25Cl3FN3OS/c1-2-3-4-5-6-7-8-15(26)24-16(18(19,20)21)25-17(27)23-14-11-9-13(22)10-12-14/h9-12,16H,2-8H2,1H3,(H,24,26)(H2,23,25,27)/t16-/m1/s1. The molecule has 0 fully saturated rings. The molecule has 0 aliphatic rings. The number of thiocarbonyl (C=S) groups is 1. The Hall–Kier alpha value is -0.820. The van der Waals surface area contributed by atoms with Crippen LogP contribution in [0.15, 0.2) is 24.3 Å². The molecule has 1 aromatic rings. The summed E-state index contributed by atoms with van der Waals surface area (Å²) in [5, 5.41) is 8.40. The topological polar surface area (TPSA) is 53.2 Å². The number of rotatable bonds is 10. The first-order valence-electron chi connectivity index (χ1n) is 8.91. The molecule has 0 heterocycles. The number of carbonyl (C=O) groups excluding carboxylic acids is 1. The first-order valence-corrected chi connectivity index (χ1v) is 10.5. The van der Waals surface area contributed by atoms with Gasteiger partial charge in [0.15, 0.2) is 5.11 Å². The van der Waals surface area contributed by atoms with Crippen molar-refractivity contribution in [3.05, 3.63) is 30.1 Å². The van der Waals surface area contributed by atoms with Crippen molar-refractivity contribution in [3.8, 4) is 0 Å². The highest BCUT2D eigenvalue weighted by molar-refractivity contribution is 7.80. The van der Waals surface area contributed by atoms with Gasteiger partial charge in [0.1, 0.15) is 12.0 Å². The van der Waals surface area contributed by atoms with Gasteiger partial charge in [-0.2, -0.15) is 0 Å². The molecule has 0 aromatic heterocycles. The molecule has 0 unspecified atom stereocenters. The molecule has 0 bridgehead atoms. The zero-order chi connectivity index (χ0) is 20.3. The number of anilines is 1. The Morgan fingerprint density at radius 2 is 1.67 bits per heavy atom. The second kappa shape index (κ2) is 12.6. The molecule has 3 N–H and O–H groups in total. The van der Waals surface area contributed by atoms with Gasteiger partial charge < -0.3 is 16.0 Å². The molecule has 0 spiro atoms. The van der Waals surface area contributed by atoms with E-state index < -0.39 is 9.96 Å². The summed E-state index contributed by atoms with van der Waals surface area (Å²) >= 11 is 23.0. The van der Waals surface area contributed by atoms with Gasteiger partial charge in [-0.1, -0.05) is 73.8 Å². The Bertz CT molecular complexity index is 597. The zero-order valence-corrected chi connectivity index (χ0v) is 18.2. The molecule has 9 heteroatoms. The van der Waals surface area contributed by atoms with Crippen LogP contribution in [0.5, 0.6) is 0 Å². The number of nitrogens with one attached hydrogen (secondary N) is 3. The van der Waals surface area contributed by atoms with E-state index in [1.165, 1.54) is 43.5 Å². The Morgan fingerprint density at radius 1 is 1.07 bits per heavy atom. The molecular formula is C18H25Cl3FN3OS. The SMILES string of the molecule is CCCCCCCCC(=O)N[C@H](NC(=S)Nc1ccc(F)cc1)C(Cl)(Cl)Cl. The summed E-state index contributed by atoms with van der Waals surface area (Å²) < 4.78 is 11.1. The van der Waals surface area contributed by atoms with E-state index in [2.05, 4.69) is 22.9 Å². The molecule has 0 aliphatic carbocycles. The Kier molecular flexibility index (Phi) is 11.3. The van der Waals surface area contributed by atoms with Gasteiger partial charge in [0.25, 0.3) is 0 Å². The lowest BCUT2D eigenvalue weighted by Crippen LogP contribution is -2.56. The summed E-state index contributed by atoms with van der Waals surface area (Å²) in [6.07, 6.45) is 5.80. The lowest BCUT2D eigenvalue weighted by molar-refractivity contribution is -0.122. The molecule has 0 aliphatic heterocycles. The molecule has 1 amide bonds. The van der Waals surface area contributed by atoms with Crippen molar-refractivity contribution in [1.29, 1.82) is 0 Å². The van der Waals surface area contributed by atoms with Crippen LogP contribution in [0.4, 0.5) is 10.1 Å². The number of halogens is 4. The lowest BCUT2D eigenvalue weighted by Gasteiger charge is -2.27. The fourth-order valence-electron chi connectivity index (χ4n) is 2.33. The first-order chi connectivity index (χ1) is 12.7. The third kappa shape index (κ3) is 10.9. The molecule has 27 heavy (non-hydrogen) atoms. The summed E-state index contributed by atoms with van der Waals surface area (Å²) in [5.74, 6) is -0.584. The smallest absolute Gasteiger partial charge is 0.228 e. The number of amides is 1. The van der Waals surface area contributed by atoms with Gasteiger partial charge in [0.05, 0.1) is 0 Å². The second-order valence-electron chi connectivity index (χ2n) is 6.17. The van der Waals surface area contributed by atoms with Gasteiger partial charge >= 0.3 is 0 Å². The van der Waals surface area contributed by atoms with Crippen molar-refractivity contribution in [2.45, 2.75) is 61.8 Å². The van der Waals surface area contributed by atoms with Crippen LogP contribution in [0.3, 0.4) is 0 Å². The van der Waals surface area contributed by atoms with Crippen molar-refractivity contribution in [1.82, 2.24) is 10.6 Å². The largest absolute Gasteiger partial charge is 0.339 e. The van der Waals surface area contributed by atoms with Crippen LogP contribution in [0.2, 0.25) is 0 Å². The van der Waals surface area contributed by atoms with Gasteiger partial charge in [-0.3, -0.25) is 4.79 Å². The van der Waals surface area contributed by atoms with E-state index in [1.54, 1.807) is 0 Å². The van der Waals surface area contributed by atoms with Crippen LogP contribution in [0, 0.1) is 5.82 Å². The van der Waals surface area contributed by atoms with Crippen molar-refractivity contribution < 1.29 is 9.18 Å². The van der Waals surface area contributed by atoms with E-state index in [4.69, 9.17) is 47.0 Å². The minimum absolute atomic E-state index is 0.137. The minimum Gasteiger partial charge on any atom is -0.339 e. The van der Waals surface area contributed by atoms with Gasteiger partial charge in [0.2, 0.25) is 9.70 Å². The maximum absolute atomic E-state index is 12.9. The maximum Gasteiger partial charge on any atom is 0.228 e. The van der Waals surface area contributed by atoms with Gasteiger partial charge in [-0.05, 0) is 42.9 Å². The molecule has 1 aromatic carbocycles. The first kappa shape index (κ1) is 24.2. The molecular weight excluding hydrogens is 432 g/mol. The number of alkyl halides is 3. The van der Waals surface area contributed by atoms with E-state index in [0.29, 0.717) is 12.1 Å². The van der Waals surface area contributed by atoms with Crippen LogP contribution in [0.1, 0.15) is 51.9 Å². The Morgan fingerprint density at radius 3 is 2.26 bits per heavy atom. The molecule has 0 saturated carbocycles. The highest BCUT2D eigenvalue weighted by Gasteiger charge is 2.34. The van der Waals surface area contributed by atoms with Crippen molar-refractivity contribution in [3.63, 3.8) is 0 Å². The van der Waals surface area contributed by atoms with E-state index in [1.807, 2.05) is 0 Å². The predicted octanol–water partition coefficient (Wildman–Crippen LogP) is 5.68. The average Bonchev–Trinajstić information content (AvgIpc) is 2.58. The van der Waals surface area contributed by atoms with E-state index in [-0.39, 0.29) is 16.8 Å². The zero-order valence-electron chi connectivity index (χ0n) is 15.2. The van der Waals surface area contributed by atoms with E-state index in [9.17, 15) is 9.18 Å². The molecule has 0 radical (unpaired) electrons. The van der Waals surface area contributed by atoms with Gasteiger partial charge in [0, 0.05) is 12.1 Å². The van der Waals surface area contributed by atoms with Crippen molar-refractivity contribution in [2.75, 3.05) is 5.32 Å². The van der Waals surface area contributed by atoms with Crippen LogP contribution in [-0.4, -0.2) is 21.0 Å². The normalized spacial score (nSPS) is 12.3. The van der Waals surface area contributed by atoms with Crippen molar-refractivity contribution in [2.24, 2.45) is 0 Å². The van der Waals surface area contributed by atoms with Crippen LogP contribution in [0.25, 0.3) is 0 Å². The molecule has 4 nitrogen and oxygen atoms in total. The fourth-order valence-corrected chi connectivity index (χ4v) is 2.89. The van der Waals surface area contributed by atoms with Crippen LogP contribution in [-0.2, 0) is 4.79 Å². The highest BCUT2D eigenvalue weighted by Crippen LogP contribution is 2.29. The summed E-state index contributed by atoms with van der Waals surface area (Å²) in [6, 6.07) is 5.62. The number of hydrogen-bond donors (Lipinski definition) is 3. The fraction of sp³-hybridized carbons (Fsp3) is 0.556. The molecule has 1 rings (SSSR count). The monoisotopic (exact) mass is 455 g/mol. The quantitative estimate of drug-likeness (QED) is 0.184. The van der Waals surface area contributed by atoms with E-state index >= 15 is 0 Å². The van der Waals surface area contributed by atoms with Crippen LogP contribution < -0.4 is 16.0 Å². The number of carbonyl (C=O) groups is 1. The molecule has 152 valence electrons. The summed E-state index contributed by atoms with van der Waals surface area (Å²) in [4.78, 5) is 12.1. The number of benzene rings is 1. The maximum atomic E-state index is 12.9. The van der Waals surface area contributed by atoms with Crippen LogP contribution >= 0.6 is 47.0 Å². The third-order valence-electron chi connectivity index (χ3n) is 3.77. The van der Waals surface area contributed by atoms with Crippen molar-refractivity contribution >= 4 is 63.7 Å². The van der Waals surface area contributed by atoms with Gasteiger partial charge in [-0.15, -0.1) is 0 Å². The molecule has 1 atom stereocenters. The average molecular weight is 457 g/mol. The second-order valence-corrected chi connectivity index (χ2v) is 8.94. The number of unbranched alkanes of at least 4 members (excludes halogenated alkanes) is 5. The summed E-state index contributed by atoms with van der Waals surface area (Å²) in [6.45, 7) is 2.16.